The fourth-order valence-corrected chi connectivity index (χ4v) is 6.84. The van der Waals surface area contributed by atoms with Crippen LogP contribution >= 0.6 is 0 Å². The summed E-state index contributed by atoms with van der Waals surface area (Å²) >= 11 is 0. The van der Waals surface area contributed by atoms with E-state index in [1.165, 1.54) is 33.0 Å². The van der Waals surface area contributed by atoms with Crippen molar-refractivity contribution in [1.82, 2.24) is 18.8 Å². The highest BCUT2D eigenvalue weighted by molar-refractivity contribution is 6.14. The van der Waals surface area contributed by atoms with Crippen molar-refractivity contribution in [3.63, 3.8) is 0 Å². The van der Waals surface area contributed by atoms with Crippen LogP contribution in [-0.2, 0) is 0 Å². The number of hydrogen-bond donors (Lipinski definition) is 0. The SMILES string of the molecule is Cc1cccc(C)c1-c1ccc2c(c1)c1ccc(Oc3ccc4c5ccccc5n5ccnc5c4c3)cc1c1nccn21. The molecule has 0 saturated heterocycles. The zero-order chi connectivity index (χ0) is 28.7. The number of pyridine rings is 2. The number of nitrogens with zero attached hydrogens (tertiary/aromatic N) is 4. The second-order valence-electron chi connectivity index (χ2n) is 11.3. The van der Waals surface area contributed by atoms with Gasteiger partial charge >= 0.3 is 0 Å². The lowest BCUT2D eigenvalue weighted by atomic mass is 9.94. The first-order valence-electron chi connectivity index (χ1n) is 14.5. The molecule has 0 unspecified atom stereocenters. The summed E-state index contributed by atoms with van der Waals surface area (Å²) in [5, 5.41) is 6.79. The fraction of sp³-hybridized carbons (Fsp3) is 0.0526. The standard InChI is InChI=1S/C38H26N4O/c1-23-6-5-7-24(2)36(23)25-10-15-35-31(20-25)29-14-12-27(22-33(29)38-40-17-19-42(35)38)43-26-11-13-28-30-8-3-4-9-34(30)41-18-16-39-37(41)32(28)21-26/h3-22H,1-2H3. The first-order chi connectivity index (χ1) is 21.1. The van der Waals surface area contributed by atoms with E-state index in [0.717, 1.165) is 55.4 Å². The van der Waals surface area contributed by atoms with Crippen LogP contribution in [0, 0.1) is 13.8 Å². The van der Waals surface area contributed by atoms with Gasteiger partial charge in [0.2, 0.25) is 0 Å². The Bertz CT molecular complexity index is 2550. The number of fused-ring (bicyclic) bond motifs is 12. The molecule has 0 aliphatic carbocycles. The normalized spacial score (nSPS) is 12.0. The van der Waals surface area contributed by atoms with Gasteiger partial charge in [-0.2, -0.15) is 0 Å². The third-order valence-electron chi connectivity index (χ3n) is 8.75. The second-order valence-corrected chi connectivity index (χ2v) is 11.3. The third-order valence-corrected chi connectivity index (χ3v) is 8.75. The summed E-state index contributed by atoms with van der Waals surface area (Å²) in [5.41, 5.74) is 9.17. The Labute approximate surface area is 247 Å². The molecular formula is C38H26N4O. The Balaban J connectivity index is 1.21. The van der Waals surface area contributed by atoms with Crippen LogP contribution in [0.1, 0.15) is 11.1 Å². The van der Waals surface area contributed by atoms with Crippen molar-refractivity contribution in [2.75, 3.05) is 0 Å². The number of ether oxygens (including phenoxy) is 1. The molecular weight excluding hydrogens is 528 g/mol. The highest BCUT2D eigenvalue weighted by Gasteiger charge is 2.15. The molecule has 0 fully saturated rings. The third kappa shape index (κ3) is 3.52. The van der Waals surface area contributed by atoms with E-state index in [1.54, 1.807) is 0 Å². The number of aryl methyl sites for hydroxylation is 2. The summed E-state index contributed by atoms with van der Waals surface area (Å²) in [6, 6.07) is 34.3. The van der Waals surface area contributed by atoms with Gasteiger partial charge in [0, 0.05) is 46.3 Å². The quantitative estimate of drug-likeness (QED) is 0.204. The molecule has 43 heavy (non-hydrogen) atoms. The zero-order valence-electron chi connectivity index (χ0n) is 23.7. The van der Waals surface area contributed by atoms with E-state index in [9.17, 15) is 0 Å². The van der Waals surface area contributed by atoms with Gasteiger partial charge in [-0.25, -0.2) is 9.97 Å². The minimum atomic E-state index is 0.766. The van der Waals surface area contributed by atoms with Gasteiger partial charge in [-0.05, 0) is 101 Å². The molecule has 0 atom stereocenters. The number of rotatable bonds is 3. The zero-order valence-corrected chi connectivity index (χ0v) is 23.7. The van der Waals surface area contributed by atoms with Gasteiger partial charge in [0.25, 0.3) is 0 Å². The van der Waals surface area contributed by atoms with Crippen molar-refractivity contribution in [3.8, 4) is 22.6 Å². The molecule has 204 valence electrons. The largest absolute Gasteiger partial charge is 0.457 e. The van der Waals surface area contributed by atoms with E-state index < -0.39 is 0 Å². The number of aromatic nitrogens is 4. The molecule has 0 spiro atoms. The van der Waals surface area contributed by atoms with Crippen molar-refractivity contribution in [3.05, 3.63) is 133 Å². The maximum atomic E-state index is 6.52. The van der Waals surface area contributed by atoms with E-state index in [4.69, 9.17) is 9.72 Å². The summed E-state index contributed by atoms with van der Waals surface area (Å²) in [6.45, 7) is 4.36. The average Bonchev–Trinajstić information content (AvgIpc) is 3.72. The van der Waals surface area contributed by atoms with E-state index in [0.29, 0.717) is 0 Å². The molecule has 5 heteroatoms. The van der Waals surface area contributed by atoms with Gasteiger partial charge in [-0.1, -0.05) is 42.5 Å². The Morgan fingerprint density at radius 1 is 0.512 bits per heavy atom. The van der Waals surface area contributed by atoms with Gasteiger partial charge in [0.1, 0.15) is 22.8 Å². The van der Waals surface area contributed by atoms with Crippen LogP contribution in [0.2, 0.25) is 0 Å². The Kier molecular flexibility index (Phi) is 4.97. The fourth-order valence-electron chi connectivity index (χ4n) is 6.84. The van der Waals surface area contributed by atoms with Crippen LogP contribution < -0.4 is 4.74 Å². The summed E-state index contributed by atoms with van der Waals surface area (Å²) in [4.78, 5) is 9.43. The van der Waals surface area contributed by atoms with Crippen molar-refractivity contribution in [1.29, 1.82) is 0 Å². The molecule has 0 radical (unpaired) electrons. The maximum Gasteiger partial charge on any atom is 0.145 e. The molecule has 0 aliphatic rings. The molecule has 4 heterocycles. The summed E-state index contributed by atoms with van der Waals surface area (Å²) in [7, 11) is 0. The molecule has 9 aromatic rings. The van der Waals surface area contributed by atoms with Crippen LogP contribution in [0.15, 0.2) is 122 Å². The molecule has 0 saturated carbocycles. The second kappa shape index (κ2) is 8.91. The van der Waals surface area contributed by atoms with Crippen molar-refractivity contribution in [2.24, 2.45) is 0 Å². The smallest absolute Gasteiger partial charge is 0.145 e. The van der Waals surface area contributed by atoms with Crippen LogP contribution in [0.3, 0.4) is 0 Å². The van der Waals surface area contributed by atoms with Gasteiger partial charge in [0.15, 0.2) is 0 Å². The molecule has 0 aliphatic heterocycles. The molecule has 5 aromatic carbocycles. The summed E-state index contributed by atoms with van der Waals surface area (Å²) < 4.78 is 10.8. The molecule has 0 bridgehead atoms. The number of hydrogen-bond acceptors (Lipinski definition) is 3. The molecule has 0 N–H and O–H groups in total. The molecule has 9 rings (SSSR count). The van der Waals surface area contributed by atoms with Crippen molar-refractivity contribution < 1.29 is 4.74 Å². The van der Waals surface area contributed by atoms with Gasteiger partial charge in [-0.3, -0.25) is 8.80 Å². The summed E-state index contributed by atoms with van der Waals surface area (Å²) in [5.74, 6) is 1.53. The first kappa shape index (κ1) is 24.0. The van der Waals surface area contributed by atoms with E-state index in [2.05, 4.69) is 119 Å². The number of benzene rings is 5. The Hall–Kier alpha value is -5.68. The minimum Gasteiger partial charge on any atom is -0.457 e. The lowest BCUT2D eigenvalue weighted by molar-refractivity contribution is 0.484. The van der Waals surface area contributed by atoms with E-state index >= 15 is 0 Å². The van der Waals surface area contributed by atoms with E-state index in [1.807, 2.05) is 30.9 Å². The van der Waals surface area contributed by atoms with Crippen LogP contribution in [0.5, 0.6) is 11.5 Å². The van der Waals surface area contributed by atoms with Crippen LogP contribution in [-0.4, -0.2) is 18.8 Å². The molecule has 5 nitrogen and oxygen atoms in total. The Morgan fingerprint density at radius 2 is 1.12 bits per heavy atom. The summed E-state index contributed by atoms with van der Waals surface area (Å²) in [6.07, 6.45) is 7.77. The maximum absolute atomic E-state index is 6.52. The monoisotopic (exact) mass is 554 g/mol. The van der Waals surface area contributed by atoms with E-state index in [-0.39, 0.29) is 0 Å². The van der Waals surface area contributed by atoms with Crippen molar-refractivity contribution in [2.45, 2.75) is 13.8 Å². The first-order valence-corrected chi connectivity index (χ1v) is 14.5. The predicted octanol–water partition coefficient (Wildman–Crippen LogP) is 9.67. The molecule has 4 aromatic heterocycles. The number of imidazole rings is 2. The molecule has 0 amide bonds. The van der Waals surface area contributed by atoms with Gasteiger partial charge in [0.05, 0.1) is 11.0 Å². The van der Waals surface area contributed by atoms with Gasteiger partial charge in [-0.15, -0.1) is 0 Å². The minimum absolute atomic E-state index is 0.766. The lowest BCUT2D eigenvalue weighted by Crippen LogP contribution is -1.94. The van der Waals surface area contributed by atoms with Crippen LogP contribution in [0.25, 0.3) is 65.8 Å². The average molecular weight is 555 g/mol. The van der Waals surface area contributed by atoms with Crippen molar-refractivity contribution >= 4 is 54.6 Å². The van der Waals surface area contributed by atoms with Crippen LogP contribution in [0.4, 0.5) is 0 Å². The highest BCUT2D eigenvalue weighted by atomic mass is 16.5. The highest BCUT2D eigenvalue weighted by Crippen LogP contribution is 2.38. The number of para-hydroxylation sites is 1. The lowest BCUT2D eigenvalue weighted by Gasteiger charge is -2.14. The van der Waals surface area contributed by atoms with Gasteiger partial charge < -0.3 is 4.74 Å². The Morgan fingerprint density at radius 3 is 1.79 bits per heavy atom. The topological polar surface area (TPSA) is 43.8 Å². The predicted molar refractivity (Wildman–Crippen MR) is 175 cm³/mol.